The third-order valence-corrected chi connectivity index (χ3v) is 6.92. The Kier molecular flexibility index (Phi) is 6.43. The van der Waals surface area contributed by atoms with Crippen molar-refractivity contribution in [1.82, 2.24) is 20.2 Å². The molecule has 4 heterocycles. The molecule has 2 aromatic heterocycles. The number of pyridine rings is 1. The van der Waals surface area contributed by atoms with Gasteiger partial charge >= 0.3 is 0 Å². The van der Waals surface area contributed by atoms with E-state index >= 15 is 0 Å². The molecule has 160 valence electrons. The Morgan fingerprint density at radius 2 is 2.03 bits per heavy atom. The highest BCUT2D eigenvalue weighted by Gasteiger charge is 2.27. The summed E-state index contributed by atoms with van der Waals surface area (Å²) in [5, 5.41) is 3.85. The number of ether oxygens (including phenoxy) is 1. The molecule has 2 aliphatic rings. The van der Waals surface area contributed by atoms with E-state index in [0.717, 1.165) is 53.6 Å². The van der Waals surface area contributed by atoms with E-state index in [9.17, 15) is 9.59 Å². The molecule has 8 heteroatoms. The van der Waals surface area contributed by atoms with Crippen LogP contribution in [0.25, 0.3) is 0 Å². The molecular formula is C22H28N4O3S. The van der Waals surface area contributed by atoms with E-state index in [0.29, 0.717) is 31.1 Å². The Labute approximate surface area is 180 Å². The summed E-state index contributed by atoms with van der Waals surface area (Å²) in [7, 11) is 0. The van der Waals surface area contributed by atoms with Crippen LogP contribution in [0.2, 0.25) is 0 Å². The number of nitrogens with one attached hydrogen (secondary N) is 1. The number of aryl methyl sites for hydroxylation is 2. The maximum atomic E-state index is 12.8. The van der Waals surface area contributed by atoms with Crippen LogP contribution in [0.15, 0.2) is 18.3 Å². The summed E-state index contributed by atoms with van der Waals surface area (Å²) in [5.74, 6) is 0.283. The predicted octanol–water partition coefficient (Wildman–Crippen LogP) is 3.08. The van der Waals surface area contributed by atoms with Gasteiger partial charge in [-0.2, -0.15) is 0 Å². The smallest absolute Gasteiger partial charge is 0.265 e. The molecule has 0 unspecified atom stereocenters. The Morgan fingerprint density at radius 3 is 2.63 bits per heavy atom. The van der Waals surface area contributed by atoms with Crippen LogP contribution >= 0.6 is 11.3 Å². The van der Waals surface area contributed by atoms with Gasteiger partial charge in [0.2, 0.25) is 0 Å². The van der Waals surface area contributed by atoms with Gasteiger partial charge in [0.05, 0.1) is 22.4 Å². The van der Waals surface area contributed by atoms with Gasteiger partial charge in [0.25, 0.3) is 11.8 Å². The van der Waals surface area contributed by atoms with E-state index in [2.05, 4.69) is 15.3 Å². The van der Waals surface area contributed by atoms with E-state index in [1.165, 1.54) is 11.3 Å². The van der Waals surface area contributed by atoms with Crippen molar-refractivity contribution in [3.8, 4) is 0 Å². The molecule has 2 fully saturated rings. The van der Waals surface area contributed by atoms with Crippen LogP contribution in [0.5, 0.6) is 0 Å². The van der Waals surface area contributed by atoms with Gasteiger partial charge in [-0.25, -0.2) is 4.98 Å². The first-order valence-electron chi connectivity index (χ1n) is 10.6. The quantitative estimate of drug-likeness (QED) is 0.791. The number of amides is 2. The average Bonchev–Trinajstić information content (AvgIpc) is 3.41. The number of piperidine rings is 1. The standard InChI is InChI=1S/C22H28N4O3S/c1-14-20(30-15(2)25-14)22(28)26-9-7-16(8-10-26)19-6-5-17(12-23-19)21(27)24-13-18-4-3-11-29-18/h5-6,12,16,18H,3-4,7-11,13H2,1-2H3,(H,24,27)/t18-/m1/s1. The maximum Gasteiger partial charge on any atom is 0.265 e. The molecule has 1 atom stereocenters. The molecule has 0 spiro atoms. The van der Waals surface area contributed by atoms with Crippen molar-refractivity contribution >= 4 is 23.2 Å². The van der Waals surface area contributed by atoms with Gasteiger partial charge < -0.3 is 15.0 Å². The molecule has 0 radical (unpaired) electrons. The number of rotatable bonds is 5. The Balaban J connectivity index is 1.29. The maximum absolute atomic E-state index is 12.8. The van der Waals surface area contributed by atoms with Gasteiger partial charge in [-0.3, -0.25) is 14.6 Å². The van der Waals surface area contributed by atoms with Crippen molar-refractivity contribution in [2.45, 2.75) is 51.6 Å². The van der Waals surface area contributed by atoms with Gasteiger partial charge in [0, 0.05) is 44.0 Å². The van der Waals surface area contributed by atoms with Crippen LogP contribution in [-0.2, 0) is 4.74 Å². The van der Waals surface area contributed by atoms with Crippen molar-refractivity contribution in [3.05, 3.63) is 45.2 Å². The second-order valence-corrected chi connectivity index (χ2v) is 9.23. The minimum Gasteiger partial charge on any atom is -0.376 e. The van der Waals surface area contributed by atoms with Crippen LogP contribution in [0.3, 0.4) is 0 Å². The normalized spacial score (nSPS) is 19.8. The predicted molar refractivity (Wildman–Crippen MR) is 115 cm³/mol. The SMILES string of the molecule is Cc1nc(C)c(C(=O)N2CCC(c3ccc(C(=O)NC[C@H]4CCCO4)cn3)CC2)s1. The number of carbonyl (C=O) groups is 2. The number of hydrogen-bond donors (Lipinski definition) is 1. The number of thiazole rings is 1. The number of nitrogens with zero attached hydrogens (tertiary/aromatic N) is 3. The number of likely N-dealkylation sites (tertiary alicyclic amines) is 1. The number of aromatic nitrogens is 2. The molecular weight excluding hydrogens is 400 g/mol. The van der Waals surface area contributed by atoms with E-state index in [4.69, 9.17) is 4.74 Å². The summed E-state index contributed by atoms with van der Waals surface area (Å²) in [6, 6.07) is 3.79. The summed E-state index contributed by atoms with van der Waals surface area (Å²) in [6.07, 6.45) is 5.60. The second-order valence-electron chi connectivity index (χ2n) is 8.03. The van der Waals surface area contributed by atoms with Crippen molar-refractivity contribution < 1.29 is 14.3 Å². The summed E-state index contributed by atoms with van der Waals surface area (Å²) in [6.45, 7) is 6.58. The highest BCUT2D eigenvalue weighted by molar-refractivity contribution is 7.13. The van der Waals surface area contributed by atoms with E-state index in [1.54, 1.807) is 6.20 Å². The molecule has 2 aliphatic heterocycles. The van der Waals surface area contributed by atoms with Crippen molar-refractivity contribution in [3.63, 3.8) is 0 Å². The minimum atomic E-state index is -0.111. The van der Waals surface area contributed by atoms with Crippen LogP contribution in [0.1, 0.15) is 68.0 Å². The highest BCUT2D eigenvalue weighted by atomic mass is 32.1. The van der Waals surface area contributed by atoms with Gasteiger partial charge in [0.1, 0.15) is 4.88 Å². The summed E-state index contributed by atoms with van der Waals surface area (Å²) < 4.78 is 5.54. The van der Waals surface area contributed by atoms with E-state index < -0.39 is 0 Å². The lowest BCUT2D eigenvalue weighted by Crippen LogP contribution is -2.38. The lowest BCUT2D eigenvalue weighted by atomic mass is 9.92. The fourth-order valence-electron chi connectivity index (χ4n) is 4.15. The molecule has 1 N–H and O–H groups in total. The van der Waals surface area contributed by atoms with Crippen molar-refractivity contribution in [2.24, 2.45) is 0 Å². The third kappa shape index (κ3) is 4.70. The summed E-state index contributed by atoms with van der Waals surface area (Å²) in [4.78, 5) is 36.7. The zero-order valence-corrected chi connectivity index (χ0v) is 18.3. The first-order chi connectivity index (χ1) is 14.5. The van der Waals surface area contributed by atoms with Gasteiger partial charge in [0.15, 0.2) is 0 Å². The van der Waals surface area contributed by atoms with Gasteiger partial charge in [-0.05, 0) is 51.7 Å². The Hall–Kier alpha value is -2.32. The molecule has 2 aromatic rings. The third-order valence-electron chi connectivity index (χ3n) is 5.86. The Morgan fingerprint density at radius 1 is 1.23 bits per heavy atom. The molecule has 7 nitrogen and oxygen atoms in total. The topological polar surface area (TPSA) is 84.4 Å². The van der Waals surface area contributed by atoms with Gasteiger partial charge in [-0.1, -0.05) is 0 Å². The summed E-state index contributed by atoms with van der Waals surface area (Å²) >= 11 is 1.47. The fourth-order valence-corrected chi connectivity index (χ4v) is 5.03. The molecule has 0 aliphatic carbocycles. The molecule has 0 aromatic carbocycles. The number of hydrogen-bond acceptors (Lipinski definition) is 6. The van der Waals surface area contributed by atoms with Crippen LogP contribution in [0, 0.1) is 13.8 Å². The monoisotopic (exact) mass is 428 g/mol. The molecule has 2 saturated heterocycles. The molecule has 2 amide bonds. The largest absolute Gasteiger partial charge is 0.376 e. The molecule has 4 rings (SSSR count). The van der Waals surface area contributed by atoms with Crippen molar-refractivity contribution in [2.75, 3.05) is 26.2 Å². The molecule has 0 saturated carbocycles. The number of carbonyl (C=O) groups excluding carboxylic acids is 2. The van der Waals surface area contributed by atoms with Crippen LogP contribution < -0.4 is 5.32 Å². The second kappa shape index (κ2) is 9.22. The average molecular weight is 429 g/mol. The highest BCUT2D eigenvalue weighted by Crippen LogP contribution is 2.29. The fraction of sp³-hybridized carbons (Fsp3) is 0.545. The first-order valence-corrected chi connectivity index (χ1v) is 11.4. The lowest BCUT2D eigenvalue weighted by Gasteiger charge is -2.31. The van der Waals surface area contributed by atoms with Crippen LogP contribution in [0.4, 0.5) is 0 Å². The Bertz CT molecular complexity index is 898. The molecule has 0 bridgehead atoms. The zero-order chi connectivity index (χ0) is 21.1. The van der Waals surface area contributed by atoms with Crippen molar-refractivity contribution in [1.29, 1.82) is 0 Å². The van der Waals surface area contributed by atoms with E-state index in [-0.39, 0.29) is 17.9 Å². The lowest BCUT2D eigenvalue weighted by molar-refractivity contribution is 0.0715. The molecule has 30 heavy (non-hydrogen) atoms. The van der Waals surface area contributed by atoms with E-state index in [1.807, 2.05) is 30.9 Å². The summed E-state index contributed by atoms with van der Waals surface area (Å²) in [5.41, 5.74) is 2.38. The minimum absolute atomic E-state index is 0.0859. The van der Waals surface area contributed by atoms with Gasteiger partial charge in [-0.15, -0.1) is 11.3 Å². The first kappa shape index (κ1) is 20.9. The zero-order valence-electron chi connectivity index (χ0n) is 17.5. The van der Waals surface area contributed by atoms with Crippen LogP contribution in [-0.4, -0.2) is 59.0 Å².